The van der Waals surface area contributed by atoms with E-state index in [1.807, 2.05) is 19.1 Å². The van der Waals surface area contributed by atoms with Crippen LogP contribution in [0.3, 0.4) is 0 Å². The van der Waals surface area contributed by atoms with Crippen molar-refractivity contribution in [1.29, 1.82) is 0 Å². The summed E-state index contributed by atoms with van der Waals surface area (Å²) < 4.78 is 5.24. The fourth-order valence-electron chi connectivity index (χ4n) is 2.61. The van der Waals surface area contributed by atoms with Gasteiger partial charge >= 0.3 is 0 Å². The highest BCUT2D eigenvalue weighted by Crippen LogP contribution is 2.22. The van der Waals surface area contributed by atoms with E-state index in [-0.39, 0.29) is 24.9 Å². The van der Waals surface area contributed by atoms with E-state index in [9.17, 15) is 9.59 Å². The van der Waals surface area contributed by atoms with Gasteiger partial charge in [0.15, 0.2) is 0 Å². The molecule has 0 fully saturated rings. The average molecular weight is 390 g/mol. The molecule has 0 aliphatic carbocycles. The van der Waals surface area contributed by atoms with E-state index in [4.69, 9.17) is 16.3 Å². The Morgan fingerprint density at radius 3 is 2.26 bits per heavy atom. The van der Waals surface area contributed by atoms with E-state index >= 15 is 0 Å². The van der Waals surface area contributed by atoms with Crippen LogP contribution in [-0.2, 0) is 9.59 Å². The second-order valence-electron chi connectivity index (χ2n) is 6.01. The smallest absolute Gasteiger partial charge is 0.238 e. The van der Waals surface area contributed by atoms with Crippen LogP contribution < -0.4 is 15.4 Å². The van der Waals surface area contributed by atoms with Crippen LogP contribution in [-0.4, -0.2) is 43.5 Å². The predicted molar refractivity (Wildman–Crippen MR) is 108 cm³/mol. The molecule has 0 heterocycles. The van der Waals surface area contributed by atoms with Gasteiger partial charge in [0.1, 0.15) is 5.75 Å². The number of para-hydroxylation sites is 2. The van der Waals surface area contributed by atoms with Crippen molar-refractivity contribution in [2.75, 3.05) is 37.4 Å². The van der Waals surface area contributed by atoms with Gasteiger partial charge in [-0.2, -0.15) is 0 Å². The molecule has 2 aromatic carbocycles. The van der Waals surface area contributed by atoms with Crippen molar-refractivity contribution in [3.63, 3.8) is 0 Å². The molecule has 0 aliphatic heterocycles. The molecule has 6 nitrogen and oxygen atoms in total. The number of nitrogens with zero attached hydrogens (tertiary/aromatic N) is 1. The van der Waals surface area contributed by atoms with E-state index in [1.165, 1.54) is 0 Å². The van der Waals surface area contributed by atoms with Crippen LogP contribution in [0.4, 0.5) is 11.4 Å². The van der Waals surface area contributed by atoms with E-state index in [0.29, 0.717) is 28.7 Å². The summed E-state index contributed by atoms with van der Waals surface area (Å²) in [6.45, 7) is 2.87. The minimum absolute atomic E-state index is 0.111. The summed E-state index contributed by atoms with van der Waals surface area (Å²) in [5.74, 6) is 0.205. The summed E-state index contributed by atoms with van der Waals surface area (Å²) in [7, 11) is 1.55. The van der Waals surface area contributed by atoms with Crippen molar-refractivity contribution >= 4 is 34.8 Å². The molecule has 0 bridgehead atoms. The first-order valence-electron chi connectivity index (χ1n) is 8.72. The molecular weight excluding hydrogens is 366 g/mol. The molecule has 2 N–H and O–H groups in total. The number of rotatable bonds is 9. The van der Waals surface area contributed by atoms with Gasteiger partial charge in [-0.25, -0.2) is 0 Å². The maximum Gasteiger partial charge on any atom is 0.238 e. The molecule has 0 atom stereocenters. The maximum absolute atomic E-state index is 12.4. The number of nitrogens with one attached hydrogen (secondary N) is 2. The zero-order valence-electron chi connectivity index (χ0n) is 15.5. The van der Waals surface area contributed by atoms with Gasteiger partial charge in [-0.05, 0) is 49.4 Å². The molecule has 0 radical (unpaired) electrons. The molecule has 2 rings (SSSR count). The highest BCUT2D eigenvalue weighted by atomic mass is 35.5. The van der Waals surface area contributed by atoms with Crippen molar-refractivity contribution in [1.82, 2.24) is 4.90 Å². The largest absolute Gasteiger partial charge is 0.495 e. The highest BCUT2D eigenvalue weighted by molar-refractivity contribution is 6.30. The van der Waals surface area contributed by atoms with Gasteiger partial charge in [0.25, 0.3) is 0 Å². The van der Waals surface area contributed by atoms with E-state index in [1.54, 1.807) is 48.4 Å². The Morgan fingerprint density at radius 1 is 1.00 bits per heavy atom. The summed E-state index contributed by atoms with van der Waals surface area (Å²) in [4.78, 5) is 26.5. The molecule has 2 aromatic rings. The fourth-order valence-corrected chi connectivity index (χ4v) is 2.73. The lowest BCUT2D eigenvalue weighted by Crippen LogP contribution is -2.39. The Labute approximate surface area is 164 Å². The van der Waals surface area contributed by atoms with Crippen LogP contribution >= 0.6 is 11.6 Å². The predicted octanol–water partition coefficient (Wildman–Crippen LogP) is 3.64. The molecule has 0 saturated heterocycles. The van der Waals surface area contributed by atoms with Gasteiger partial charge in [-0.1, -0.05) is 30.7 Å². The van der Waals surface area contributed by atoms with Crippen molar-refractivity contribution in [2.45, 2.75) is 13.3 Å². The first-order chi connectivity index (χ1) is 13.0. The number of halogens is 1. The van der Waals surface area contributed by atoms with E-state index < -0.39 is 0 Å². The SMILES string of the molecule is CCCN(CC(=O)Nc1ccc(Cl)cc1)CC(=O)Nc1ccccc1OC. The highest BCUT2D eigenvalue weighted by Gasteiger charge is 2.15. The fraction of sp³-hybridized carbons (Fsp3) is 0.300. The molecular formula is C20H24ClN3O3. The lowest BCUT2D eigenvalue weighted by Gasteiger charge is -2.21. The third kappa shape index (κ3) is 6.92. The van der Waals surface area contributed by atoms with Gasteiger partial charge in [0.05, 0.1) is 25.9 Å². The van der Waals surface area contributed by atoms with Crippen LogP contribution in [0.1, 0.15) is 13.3 Å². The number of hydrogen-bond acceptors (Lipinski definition) is 4. The van der Waals surface area contributed by atoms with Crippen LogP contribution in [0.15, 0.2) is 48.5 Å². The van der Waals surface area contributed by atoms with Crippen LogP contribution in [0, 0.1) is 0 Å². The summed E-state index contributed by atoms with van der Waals surface area (Å²) in [5.41, 5.74) is 1.27. The summed E-state index contributed by atoms with van der Waals surface area (Å²) in [6.07, 6.45) is 0.830. The van der Waals surface area contributed by atoms with Gasteiger partial charge in [-0.15, -0.1) is 0 Å². The van der Waals surface area contributed by atoms with Gasteiger partial charge in [0, 0.05) is 10.7 Å². The standard InChI is InChI=1S/C20H24ClN3O3/c1-3-12-24(13-19(25)22-16-10-8-15(21)9-11-16)14-20(26)23-17-6-4-5-7-18(17)27-2/h4-11H,3,12-14H2,1-2H3,(H,22,25)(H,23,26). The lowest BCUT2D eigenvalue weighted by atomic mass is 10.3. The zero-order valence-corrected chi connectivity index (χ0v) is 16.3. The number of amides is 2. The summed E-state index contributed by atoms with van der Waals surface area (Å²) in [6, 6.07) is 14.1. The van der Waals surface area contributed by atoms with Crippen LogP contribution in [0.5, 0.6) is 5.75 Å². The van der Waals surface area contributed by atoms with E-state index in [0.717, 1.165) is 6.42 Å². The molecule has 0 aliphatic rings. The minimum atomic E-state index is -0.202. The Bertz CT molecular complexity index is 765. The van der Waals surface area contributed by atoms with Crippen molar-refractivity contribution < 1.29 is 14.3 Å². The van der Waals surface area contributed by atoms with Crippen molar-refractivity contribution in [2.24, 2.45) is 0 Å². The third-order valence-corrected chi connectivity index (χ3v) is 4.04. The van der Waals surface area contributed by atoms with Gasteiger partial charge in [0.2, 0.25) is 11.8 Å². The number of methoxy groups -OCH3 is 1. The maximum atomic E-state index is 12.4. The first-order valence-corrected chi connectivity index (χ1v) is 9.10. The molecule has 0 aromatic heterocycles. The zero-order chi connectivity index (χ0) is 19.6. The van der Waals surface area contributed by atoms with Crippen molar-refractivity contribution in [3.05, 3.63) is 53.6 Å². The number of ether oxygens (including phenoxy) is 1. The Balaban J connectivity index is 1.92. The number of carbonyl (C=O) groups excluding carboxylic acids is 2. The number of benzene rings is 2. The average Bonchev–Trinajstić information content (AvgIpc) is 2.64. The third-order valence-electron chi connectivity index (χ3n) is 3.78. The van der Waals surface area contributed by atoms with Gasteiger partial charge < -0.3 is 15.4 Å². The van der Waals surface area contributed by atoms with E-state index in [2.05, 4.69) is 10.6 Å². The van der Waals surface area contributed by atoms with Crippen LogP contribution in [0.25, 0.3) is 0 Å². The second kappa shape index (κ2) is 10.5. The van der Waals surface area contributed by atoms with Gasteiger partial charge in [-0.3, -0.25) is 14.5 Å². The number of carbonyl (C=O) groups is 2. The topological polar surface area (TPSA) is 70.7 Å². The second-order valence-corrected chi connectivity index (χ2v) is 6.45. The van der Waals surface area contributed by atoms with Crippen molar-refractivity contribution in [3.8, 4) is 5.75 Å². The Hall–Kier alpha value is -2.57. The quantitative estimate of drug-likeness (QED) is 0.687. The molecule has 7 heteroatoms. The normalized spacial score (nSPS) is 10.5. The molecule has 0 saturated carbocycles. The summed E-state index contributed by atoms with van der Waals surface area (Å²) in [5, 5.41) is 6.24. The molecule has 0 unspecified atom stereocenters. The lowest BCUT2D eigenvalue weighted by molar-refractivity contribution is -0.120. The monoisotopic (exact) mass is 389 g/mol. The first kappa shape index (κ1) is 20.7. The Morgan fingerprint density at radius 2 is 1.63 bits per heavy atom. The number of anilines is 2. The minimum Gasteiger partial charge on any atom is -0.495 e. The molecule has 144 valence electrons. The molecule has 2 amide bonds. The van der Waals surface area contributed by atoms with Crippen LogP contribution in [0.2, 0.25) is 5.02 Å². The molecule has 27 heavy (non-hydrogen) atoms. The summed E-state index contributed by atoms with van der Waals surface area (Å²) >= 11 is 5.84. The molecule has 0 spiro atoms. The number of hydrogen-bond donors (Lipinski definition) is 2. The Kier molecular flexibility index (Phi) is 8.10.